The number of fused-ring (bicyclic) bond motifs is 1. The van der Waals surface area contributed by atoms with Crippen LogP contribution in [0.5, 0.6) is 5.75 Å². The lowest BCUT2D eigenvalue weighted by Gasteiger charge is -2.34. The summed E-state index contributed by atoms with van der Waals surface area (Å²) in [4.78, 5) is 23.2. The normalized spacial score (nSPS) is 19.4. The molecule has 2 fully saturated rings. The number of likely N-dealkylation sites (tertiary alicyclic amines) is 1. The molecule has 1 atom stereocenters. The fourth-order valence-electron chi connectivity index (χ4n) is 5.08. The predicted molar refractivity (Wildman–Crippen MR) is 134 cm³/mol. The summed E-state index contributed by atoms with van der Waals surface area (Å²) in [6.07, 6.45) is 6.98. The number of aromatic nitrogens is 3. The minimum absolute atomic E-state index is 0.0239. The minimum Gasteiger partial charge on any atom is -0.496 e. The molecule has 2 aliphatic rings. The molecule has 0 bridgehead atoms. The third kappa shape index (κ3) is 4.14. The monoisotopic (exact) mass is 460 g/mol. The molecule has 5 rings (SSSR count). The van der Waals surface area contributed by atoms with Gasteiger partial charge in [-0.25, -0.2) is 0 Å². The van der Waals surface area contributed by atoms with Crippen molar-refractivity contribution in [1.82, 2.24) is 24.6 Å². The lowest BCUT2D eigenvalue weighted by atomic mass is 10.1. The molecule has 0 aliphatic carbocycles. The summed E-state index contributed by atoms with van der Waals surface area (Å²) in [7, 11) is 3.87. The molecule has 8 nitrogen and oxygen atoms in total. The molecule has 178 valence electrons. The molecule has 0 radical (unpaired) electrons. The maximum absolute atomic E-state index is 12.2. The van der Waals surface area contributed by atoms with E-state index in [-0.39, 0.29) is 11.9 Å². The second-order valence-electron chi connectivity index (χ2n) is 9.15. The van der Waals surface area contributed by atoms with E-state index in [0.717, 1.165) is 73.5 Å². The van der Waals surface area contributed by atoms with Crippen LogP contribution in [0.15, 0.2) is 49.3 Å². The van der Waals surface area contributed by atoms with Crippen LogP contribution in [0, 0.1) is 0 Å². The van der Waals surface area contributed by atoms with E-state index in [0.29, 0.717) is 6.54 Å². The van der Waals surface area contributed by atoms with Gasteiger partial charge in [-0.1, -0.05) is 6.58 Å². The Morgan fingerprint density at radius 2 is 2.00 bits per heavy atom. The van der Waals surface area contributed by atoms with E-state index >= 15 is 0 Å². The van der Waals surface area contributed by atoms with E-state index in [4.69, 9.17) is 9.84 Å². The second kappa shape index (κ2) is 9.46. The highest BCUT2D eigenvalue weighted by atomic mass is 16.5. The maximum Gasteiger partial charge on any atom is 0.246 e. The number of methoxy groups -OCH3 is 1. The maximum atomic E-state index is 12.2. The fraction of sp³-hybridized carbons (Fsp3) is 0.423. The molecular weight excluding hydrogens is 428 g/mol. The van der Waals surface area contributed by atoms with Gasteiger partial charge in [0, 0.05) is 74.4 Å². The SMILES string of the molecule is C=CC(=O)N1CCC[C@@H](n2nc(-c3ccc(N4CCN(C)CC4)cc3OC)c3cnccc32)C1. The van der Waals surface area contributed by atoms with E-state index in [2.05, 4.69) is 51.3 Å². The molecule has 4 heterocycles. The van der Waals surface area contributed by atoms with Crippen LogP contribution in [0.4, 0.5) is 5.69 Å². The van der Waals surface area contributed by atoms with Crippen molar-refractivity contribution in [3.63, 3.8) is 0 Å². The molecule has 3 aromatic rings. The molecule has 2 aliphatic heterocycles. The van der Waals surface area contributed by atoms with Crippen molar-refractivity contribution >= 4 is 22.5 Å². The van der Waals surface area contributed by atoms with Gasteiger partial charge in [-0.05, 0) is 44.2 Å². The number of likely N-dealkylation sites (N-methyl/N-ethyl adjacent to an activating group) is 1. The van der Waals surface area contributed by atoms with Gasteiger partial charge in [-0.3, -0.25) is 14.5 Å². The number of benzene rings is 1. The summed E-state index contributed by atoms with van der Waals surface area (Å²) in [5, 5.41) is 6.06. The molecule has 0 unspecified atom stereocenters. The summed E-state index contributed by atoms with van der Waals surface area (Å²) in [6.45, 7) is 9.15. The number of rotatable bonds is 5. The summed E-state index contributed by atoms with van der Waals surface area (Å²) in [5.41, 5.74) is 4.00. The average molecular weight is 461 g/mol. The zero-order valence-electron chi connectivity index (χ0n) is 20.0. The van der Waals surface area contributed by atoms with Gasteiger partial charge in [0.2, 0.25) is 5.91 Å². The quantitative estimate of drug-likeness (QED) is 0.545. The molecule has 1 amide bonds. The van der Waals surface area contributed by atoms with E-state index in [1.165, 1.54) is 11.8 Å². The number of hydrogen-bond acceptors (Lipinski definition) is 6. The number of amides is 1. The first-order valence-electron chi connectivity index (χ1n) is 11.9. The van der Waals surface area contributed by atoms with Gasteiger partial charge < -0.3 is 19.4 Å². The number of piperazine rings is 1. The molecule has 0 saturated carbocycles. The Morgan fingerprint density at radius 1 is 1.18 bits per heavy atom. The molecule has 2 saturated heterocycles. The number of hydrogen-bond donors (Lipinski definition) is 0. The molecule has 0 spiro atoms. The zero-order valence-corrected chi connectivity index (χ0v) is 20.0. The van der Waals surface area contributed by atoms with Crippen LogP contribution < -0.4 is 9.64 Å². The van der Waals surface area contributed by atoms with Gasteiger partial charge in [0.15, 0.2) is 0 Å². The first-order valence-corrected chi connectivity index (χ1v) is 11.9. The van der Waals surface area contributed by atoms with Gasteiger partial charge in [0.25, 0.3) is 0 Å². The summed E-state index contributed by atoms with van der Waals surface area (Å²) in [5.74, 6) is 0.781. The first kappa shape index (κ1) is 22.4. The Labute approximate surface area is 200 Å². The fourth-order valence-corrected chi connectivity index (χ4v) is 5.08. The molecule has 8 heteroatoms. The van der Waals surface area contributed by atoms with Crippen molar-refractivity contribution in [1.29, 1.82) is 0 Å². The van der Waals surface area contributed by atoms with Crippen molar-refractivity contribution < 1.29 is 9.53 Å². The van der Waals surface area contributed by atoms with Crippen molar-refractivity contribution in [2.45, 2.75) is 18.9 Å². The van der Waals surface area contributed by atoms with Gasteiger partial charge >= 0.3 is 0 Å². The van der Waals surface area contributed by atoms with Crippen molar-refractivity contribution in [2.24, 2.45) is 0 Å². The number of nitrogens with zero attached hydrogens (tertiary/aromatic N) is 6. The van der Waals surface area contributed by atoms with Crippen LogP contribution in [0.2, 0.25) is 0 Å². The predicted octanol–water partition coefficient (Wildman–Crippen LogP) is 3.21. The number of ether oxygens (including phenoxy) is 1. The van der Waals surface area contributed by atoms with E-state index in [1.54, 1.807) is 13.3 Å². The van der Waals surface area contributed by atoms with Crippen LogP contribution in [-0.4, -0.2) is 83.9 Å². The van der Waals surface area contributed by atoms with Gasteiger partial charge in [0.05, 0.1) is 18.7 Å². The Bertz CT molecular complexity index is 1200. The van der Waals surface area contributed by atoms with E-state index < -0.39 is 0 Å². The largest absolute Gasteiger partial charge is 0.496 e. The van der Waals surface area contributed by atoms with Gasteiger partial charge in [0.1, 0.15) is 11.4 Å². The van der Waals surface area contributed by atoms with Crippen molar-refractivity contribution in [3.05, 3.63) is 49.3 Å². The standard InChI is InChI=1S/C26H32N6O2/c1-4-25(33)31-11-5-6-20(18-31)32-23-9-10-27-17-22(23)26(28-32)21-8-7-19(16-24(21)34-3)30-14-12-29(2)13-15-30/h4,7-10,16-17,20H,1,5-6,11-15,18H2,2-3H3/t20-/m1/s1. The van der Waals surface area contributed by atoms with Crippen LogP contribution in [-0.2, 0) is 4.79 Å². The van der Waals surface area contributed by atoms with Crippen LogP contribution >= 0.6 is 0 Å². The molecule has 1 aromatic carbocycles. The molecule has 2 aromatic heterocycles. The lowest BCUT2D eigenvalue weighted by molar-refractivity contribution is -0.127. The van der Waals surface area contributed by atoms with E-state index in [1.807, 2.05) is 17.2 Å². The van der Waals surface area contributed by atoms with E-state index in [9.17, 15) is 4.79 Å². The number of anilines is 1. The summed E-state index contributed by atoms with van der Waals surface area (Å²) in [6, 6.07) is 8.50. The molecule has 0 N–H and O–H groups in total. The van der Waals surface area contributed by atoms with Gasteiger partial charge in [-0.2, -0.15) is 5.10 Å². The topological polar surface area (TPSA) is 66.7 Å². The zero-order chi connectivity index (χ0) is 23.7. The third-order valence-corrected chi connectivity index (χ3v) is 7.05. The number of carbonyl (C=O) groups is 1. The van der Waals surface area contributed by atoms with Crippen molar-refractivity contribution in [3.8, 4) is 17.0 Å². The Morgan fingerprint density at radius 3 is 2.76 bits per heavy atom. The Kier molecular flexibility index (Phi) is 6.24. The third-order valence-electron chi connectivity index (χ3n) is 7.05. The highest BCUT2D eigenvalue weighted by Crippen LogP contribution is 2.38. The number of carbonyl (C=O) groups excluding carboxylic acids is 1. The Balaban J connectivity index is 1.52. The Hall–Kier alpha value is -3.39. The summed E-state index contributed by atoms with van der Waals surface area (Å²) >= 11 is 0. The highest BCUT2D eigenvalue weighted by molar-refractivity contribution is 5.94. The first-order chi connectivity index (χ1) is 16.6. The second-order valence-corrected chi connectivity index (χ2v) is 9.15. The molecular formula is C26H32N6O2. The average Bonchev–Trinajstić information content (AvgIpc) is 3.28. The van der Waals surface area contributed by atoms with Crippen LogP contribution in [0.25, 0.3) is 22.2 Å². The molecule has 34 heavy (non-hydrogen) atoms. The highest BCUT2D eigenvalue weighted by Gasteiger charge is 2.27. The lowest BCUT2D eigenvalue weighted by Crippen LogP contribution is -2.44. The number of pyridine rings is 1. The van der Waals surface area contributed by atoms with Crippen LogP contribution in [0.3, 0.4) is 0 Å². The smallest absolute Gasteiger partial charge is 0.246 e. The number of piperidine rings is 1. The van der Waals surface area contributed by atoms with Crippen molar-refractivity contribution in [2.75, 3.05) is 58.3 Å². The van der Waals surface area contributed by atoms with Gasteiger partial charge in [-0.15, -0.1) is 0 Å². The van der Waals surface area contributed by atoms with Crippen LogP contribution in [0.1, 0.15) is 18.9 Å². The summed E-state index contributed by atoms with van der Waals surface area (Å²) < 4.78 is 7.92. The minimum atomic E-state index is -0.0239.